The van der Waals surface area contributed by atoms with E-state index in [0.29, 0.717) is 5.56 Å². The average molecular weight is 347 g/mol. The summed E-state index contributed by atoms with van der Waals surface area (Å²) >= 11 is 0. The number of carbonyl (C=O) groups is 2. The number of ketones is 1. The lowest BCUT2D eigenvalue weighted by molar-refractivity contribution is -0.122. The summed E-state index contributed by atoms with van der Waals surface area (Å²) in [6.45, 7) is 1.40. The number of carbonyl (C=O) groups excluding carboxylic acids is 2. The average Bonchev–Trinajstić information content (AvgIpc) is 2.59. The van der Waals surface area contributed by atoms with Crippen molar-refractivity contribution in [3.05, 3.63) is 71.3 Å². The minimum atomic E-state index is -1.38. The Morgan fingerprint density at radius 1 is 1.04 bits per heavy atom. The second-order valence-corrected chi connectivity index (χ2v) is 5.96. The number of nitrogens with one attached hydrogen (secondary N) is 1. The van der Waals surface area contributed by atoms with Gasteiger partial charge >= 0.3 is 0 Å². The van der Waals surface area contributed by atoms with Gasteiger partial charge in [0.1, 0.15) is 17.2 Å². The second-order valence-electron chi connectivity index (χ2n) is 5.96. The van der Waals surface area contributed by atoms with Gasteiger partial charge in [-0.3, -0.25) is 9.59 Å². The Morgan fingerprint density at radius 3 is 2.32 bits per heavy atom. The summed E-state index contributed by atoms with van der Waals surface area (Å²) in [6, 6.07) is 10.9. The van der Waals surface area contributed by atoms with Gasteiger partial charge in [-0.05, 0) is 36.8 Å². The highest BCUT2D eigenvalue weighted by molar-refractivity contribution is 5.98. The van der Waals surface area contributed by atoms with Crippen molar-refractivity contribution in [3.63, 3.8) is 0 Å². The third-order valence-electron chi connectivity index (χ3n) is 3.85. The van der Waals surface area contributed by atoms with Crippen LogP contribution in [0.1, 0.15) is 35.7 Å². The normalized spacial score (nSPS) is 13.1. The number of rotatable bonds is 7. The van der Waals surface area contributed by atoms with E-state index < -0.39 is 28.9 Å². The molecule has 0 saturated heterocycles. The molecule has 4 nitrogen and oxygen atoms in total. The standard InChI is InChI=1S/C19H19F2NO3/c1-19(25,13-6-8-14(20)9-7-13)12-22-18(24)11-10-17(23)15-4-2-3-5-16(15)21/h2-9,25H,10-12H2,1H3,(H,22,24). The maximum absolute atomic E-state index is 13.5. The number of halogens is 2. The molecule has 2 aromatic rings. The molecular formula is C19H19F2NO3. The van der Waals surface area contributed by atoms with Gasteiger partial charge in [-0.25, -0.2) is 8.78 Å². The molecule has 0 aliphatic heterocycles. The topological polar surface area (TPSA) is 66.4 Å². The summed E-state index contributed by atoms with van der Waals surface area (Å²) in [6.07, 6.45) is -0.252. The van der Waals surface area contributed by atoms with Crippen LogP contribution in [0.4, 0.5) is 8.78 Å². The highest BCUT2D eigenvalue weighted by atomic mass is 19.1. The van der Waals surface area contributed by atoms with Gasteiger partial charge in [0.25, 0.3) is 0 Å². The number of amides is 1. The first-order chi connectivity index (χ1) is 11.8. The van der Waals surface area contributed by atoms with Crippen molar-refractivity contribution in [2.45, 2.75) is 25.4 Å². The van der Waals surface area contributed by atoms with E-state index in [9.17, 15) is 23.5 Å². The molecule has 132 valence electrons. The van der Waals surface area contributed by atoms with Gasteiger partial charge in [0.2, 0.25) is 5.91 Å². The third kappa shape index (κ3) is 5.19. The molecule has 0 aliphatic rings. The van der Waals surface area contributed by atoms with Crippen molar-refractivity contribution >= 4 is 11.7 Å². The van der Waals surface area contributed by atoms with Crippen molar-refractivity contribution < 1.29 is 23.5 Å². The van der Waals surface area contributed by atoms with Crippen LogP contribution in [0.3, 0.4) is 0 Å². The molecule has 0 fully saturated rings. The van der Waals surface area contributed by atoms with E-state index in [-0.39, 0.29) is 24.9 Å². The SMILES string of the molecule is CC(O)(CNC(=O)CCC(=O)c1ccccc1F)c1ccc(F)cc1. The predicted octanol–water partition coefficient (Wildman–Crippen LogP) is 2.95. The van der Waals surface area contributed by atoms with E-state index in [0.717, 1.165) is 0 Å². The van der Waals surface area contributed by atoms with E-state index in [1.165, 1.54) is 49.4 Å². The zero-order chi connectivity index (χ0) is 18.4. The Bertz CT molecular complexity index is 758. The number of aliphatic hydroxyl groups is 1. The fourth-order valence-corrected chi connectivity index (χ4v) is 2.32. The van der Waals surface area contributed by atoms with Crippen molar-refractivity contribution in [3.8, 4) is 0 Å². The molecule has 2 aromatic carbocycles. The molecule has 1 amide bonds. The summed E-state index contributed by atoms with van der Waals surface area (Å²) in [5.74, 6) is -1.94. The quantitative estimate of drug-likeness (QED) is 0.757. The van der Waals surface area contributed by atoms with Crippen LogP contribution in [0.25, 0.3) is 0 Å². The van der Waals surface area contributed by atoms with Gasteiger partial charge in [-0.1, -0.05) is 24.3 Å². The van der Waals surface area contributed by atoms with Crippen molar-refractivity contribution in [2.75, 3.05) is 6.54 Å². The van der Waals surface area contributed by atoms with E-state index >= 15 is 0 Å². The first-order valence-corrected chi connectivity index (χ1v) is 7.82. The number of benzene rings is 2. The molecule has 25 heavy (non-hydrogen) atoms. The number of hydrogen-bond donors (Lipinski definition) is 2. The summed E-state index contributed by atoms with van der Waals surface area (Å²) < 4.78 is 26.4. The van der Waals surface area contributed by atoms with Crippen LogP contribution in [0, 0.1) is 11.6 Å². The molecule has 0 heterocycles. The minimum Gasteiger partial charge on any atom is -0.384 e. The van der Waals surface area contributed by atoms with Crippen molar-refractivity contribution in [1.82, 2.24) is 5.32 Å². The van der Waals surface area contributed by atoms with Crippen molar-refractivity contribution in [1.29, 1.82) is 0 Å². The first-order valence-electron chi connectivity index (χ1n) is 7.82. The molecule has 0 radical (unpaired) electrons. The molecule has 0 saturated carbocycles. The van der Waals surface area contributed by atoms with E-state index in [1.54, 1.807) is 6.07 Å². The fraction of sp³-hybridized carbons (Fsp3) is 0.263. The Kier molecular flexibility index (Phi) is 5.98. The summed E-state index contributed by atoms with van der Waals surface area (Å²) in [4.78, 5) is 23.8. The Morgan fingerprint density at radius 2 is 1.68 bits per heavy atom. The Balaban J connectivity index is 1.85. The second kappa shape index (κ2) is 7.98. The summed E-state index contributed by atoms with van der Waals surface area (Å²) in [5.41, 5.74) is -0.968. The van der Waals surface area contributed by atoms with Gasteiger partial charge < -0.3 is 10.4 Å². The van der Waals surface area contributed by atoms with E-state index in [1.807, 2.05) is 0 Å². The first kappa shape index (κ1) is 18.7. The van der Waals surface area contributed by atoms with Crippen LogP contribution in [0.15, 0.2) is 48.5 Å². The molecule has 0 spiro atoms. The largest absolute Gasteiger partial charge is 0.384 e. The molecule has 6 heteroatoms. The molecule has 1 atom stereocenters. The monoisotopic (exact) mass is 347 g/mol. The molecule has 0 bridgehead atoms. The lowest BCUT2D eigenvalue weighted by Crippen LogP contribution is -2.38. The summed E-state index contributed by atoms with van der Waals surface area (Å²) in [7, 11) is 0. The number of Topliss-reactive ketones (excluding diaryl/α,β-unsaturated/α-hetero) is 1. The zero-order valence-electron chi connectivity index (χ0n) is 13.8. The van der Waals surface area contributed by atoms with Crippen molar-refractivity contribution in [2.24, 2.45) is 0 Å². The highest BCUT2D eigenvalue weighted by Gasteiger charge is 2.24. The highest BCUT2D eigenvalue weighted by Crippen LogP contribution is 2.20. The number of hydrogen-bond acceptors (Lipinski definition) is 3. The Hall–Kier alpha value is -2.60. The summed E-state index contributed by atoms with van der Waals surface area (Å²) in [5, 5.41) is 12.9. The van der Waals surface area contributed by atoms with E-state index in [4.69, 9.17) is 0 Å². The third-order valence-corrected chi connectivity index (χ3v) is 3.85. The fourth-order valence-electron chi connectivity index (χ4n) is 2.32. The van der Waals surface area contributed by atoms with Crippen LogP contribution in [0.5, 0.6) is 0 Å². The lowest BCUT2D eigenvalue weighted by atomic mass is 9.96. The van der Waals surface area contributed by atoms with E-state index in [2.05, 4.69) is 5.32 Å². The zero-order valence-corrected chi connectivity index (χ0v) is 13.8. The van der Waals surface area contributed by atoms with Gasteiger partial charge in [0.05, 0.1) is 12.1 Å². The van der Waals surface area contributed by atoms with Crippen LogP contribution in [-0.2, 0) is 10.4 Å². The van der Waals surface area contributed by atoms with Crippen LogP contribution >= 0.6 is 0 Å². The predicted molar refractivity (Wildman–Crippen MR) is 88.9 cm³/mol. The lowest BCUT2D eigenvalue weighted by Gasteiger charge is -2.24. The van der Waals surface area contributed by atoms with Crippen LogP contribution < -0.4 is 5.32 Å². The smallest absolute Gasteiger partial charge is 0.220 e. The molecule has 2 rings (SSSR count). The van der Waals surface area contributed by atoms with Gasteiger partial charge in [-0.2, -0.15) is 0 Å². The maximum atomic E-state index is 13.5. The van der Waals surface area contributed by atoms with Crippen LogP contribution in [-0.4, -0.2) is 23.3 Å². The molecule has 1 unspecified atom stereocenters. The molecule has 2 N–H and O–H groups in total. The minimum absolute atomic E-state index is 0.0476. The molecular weight excluding hydrogens is 328 g/mol. The van der Waals surface area contributed by atoms with Gasteiger partial charge in [0.15, 0.2) is 5.78 Å². The Labute approximate surface area is 144 Å². The molecule has 0 aromatic heterocycles. The van der Waals surface area contributed by atoms with Crippen LogP contribution in [0.2, 0.25) is 0 Å². The molecule has 0 aliphatic carbocycles. The van der Waals surface area contributed by atoms with Gasteiger partial charge in [0, 0.05) is 12.8 Å². The van der Waals surface area contributed by atoms with Gasteiger partial charge in [-0.15, -0.1) is 0 Å². The maximum Gasteiger partial charge on any atom is 0.220 e.